The Balaban J connectivity index is 2.09. The maximum atomic E-state index is 4.68. The van der Waals surface area contributed by atoms with Gasteiger partial charge >= 0.3 is 0 Å². The summed E-state index contributed by atoms with van der Waals surface area (Å²) in [5, 5.41) is 3.27. The van der Waals surface area contributed by atoms with Gasteiger partial charge in [0.05, 0.1) is 6.20 Å². The van der Waals surface area contributed by atoms with Gasteiger partial charge in [0.1, 0.15) is 5.82 Å². The molecule has 1 aliphatic heterocycles. The van der Waals surface area contributed by atoms with Gasteiger partial charge in [-0.1, -0.05) is 0 Å². The fourth-order valence-corrected chi connectivity index (χ4v) is 2.32. The van der Waals surface area contributed by atoms with E-state index in [1.807, 2.05) is 23.0 Å². The van der Waals surface area contributed by atoms with Crippen molar-refractivity contribution in [2.24, 2.45) is 0 Å². The second kappa shape index (κ2) is 4.24. The molecule has 0 atom stereocenters. The normalized spacial score (nSPS) is 15.7. The molecule has 1 aliphatic rings. The zero-order valence-electron chi connectivity index (χ0n) is 10.1. The lowest BCUT2D eigenvalue weighted by molar-refractivity contribution is 0.926. The van der Waals surface area contributed by atoms with E-state index in [2.05, 4.69) is 27.1 Å². The molecule has 5 heteroatoms. The van der Waals surface area contributed by atoms with E-state index in [-0.39, 0.29) is 0 Å². The van der Waals surface area contributed by atoms with Crippen molar-refractivity contribution < 1.29 is 0 Å². The van der Waals surface area contributed by atoms with Gasteiger partial charge in [0, 0.05) is 32.0 Å². The fourth-order valence-electron chi connectivity index (χ4n) is 2.32. The average molecular weight is 231 g/mol. The van der Waals surface area contributed by atoms with Crippen LogP contribution in [-0.2, 0) is 0 Å². The Kier molecular flexibility index (Phi) is 2.59. The number of fused-ring (bicyclic) bond motifs is 1. The van der Waals surface area contributed by atoms with Crippen LogP contribution in [0.15, 0.2) is 18.6 Å². The van der Waals surface area contributed by atoms with Crippen LogP contribution in [0, 0.1) is 0 Å². The molecule has 0 spiro atoms. The van der Waals surface area contributed by atoms with Crippen LogP contribution in [0.2, 0.25) is 0 Å². The predicted molar refractivity (Wildman–Crippen MR) is 68.6 cm³/mol. The van der Waals surface area contributed by atoms with Crippen molar-refractivity contribution in [2.75, 3.05) is 29.9 Å². The Morgan fingerprint density at radius 3 is 2.94 bits per heavy atom. The zero-order chi connectivity index (χ0) is 11.7. The molecule has 3 rings (SSSR count). The summed E-state index contributed by atoms with van der Waals surface area (Å²) >= 11 is 0. The van der Waals surface area contributed by atoms with Crippen LogP contribution in [0.4, 0.5) is 11.6 Å². The predicted octanol–water partition coefficient (Wildman–Crippen LogP) is 1.76. The van der Waals surface area contributed by atoms with Crippen molar-refractivity contribution in [1.29, 1.82) is 0 Å². The highest BCUT2D eigenvalue weighted by Crippen LogP contribution is 2.24. The summed E-state index contributed by atoms with van der Waals surface area (Å²) in [6.45, 7) is 5.14. The molecular formula is C12H17N5. The van der Waals surface area contributed by atoms with Gasteiger partial charge in [0.2, 0.25) is 0 Å². The largest absolute Gasteiger partial charge is 0.369 e. The standard InChI is InChI=1S/C12H17N5/c1-2-13-10-9-17-8-5-14-11(17)12(15-10)16-6-3-4-7-16/h5,8-9,13H,2-4,6-7H2,1H3. The van der Waals surface area contributed by atoms with Gasteiger partial charge in [0.25, 0.3) is 0 Å². The Hall–Kier alpha value is -1.78. The minimum Gasteiger partial charge on any atom is -0.369 e. The van der Waals surface area contributed by atoms with E-state index < -0.39 is 0 Å². The molecule has 3 heterocycles. The monoisotopic (exact) mass is 231 g/mol. The van der Waals surface area contributed by atoms with Crippen molar-refractivity contribution in [3.05, 3.63) is 18.6 Å². The van der Waals surface area contributed by atoms with Crippen molar-refractivity contribution in [1.82, 2.24) is 14.4 Å². The minimum atomic E-state index is 0.882. The smallest absolute Gasteiger partial charge is 0.180 e. The number of hydrogen-bond donors (Lipinski definition) is 1. The Morgan fingerprint density at radius 2 is 2.18 bits per heavy atom. The van der Waals surface area contributed by atoms with E-state index in [0.717, 1.165) is 36.9 Å². The molecule has 0 aliphatic carbocycles. The highest BCUT2D eigenvalue weighted by Gasteiger charge is 2.18. The van der Waals surface area contributed by atoms with E-state index in [1.165, 1.54) is 12.8 Å². The summed E-state index contributed by atoms with van der Waals surface area (Å²) in [6, 6.07) is 0. The third-order valence-corrected chi connectivity index (χ3v) is 3.12. The van der Waals surface area contributed by atoms with Gasteiger partial charge in [-0.25, -0.2) is 9.97 Å². The first-order valence-corrected chi connectivity index (χ1v) is 6.21. The molecule has 1 N–H and O–H groups in total. The molecule has 5 nitrogen and oxygen atoms in total. The van der Waals surface area contributed by atoms with Crippen LogP contribution in [0.5, 0.6) is 0 Å². The minimum absolute atomic E-state index is 0.882. The van der Waals surface area contributed by atoms with Crippen LogP contribution in [0.25, 0.3) is 5.65 Å². The van der Waals surface area contributed by atoms with E-state index in [0.29, 0.717) is 0 Å². The number of nitrogens with one attached hydrogen (secondary N) is 1. The fraction of sp³-hybridized carbons (Fsp3) is 0.500. The average Bonchev–Trinajstić information content (AvgIpc) is 2.99. The van der Waals surface area contributed by atoms with Gasteiger partial charge in [-0.05, 0) is 19.8 Å². The lowest BCUT2D eigenvalue weighted by Crippen LogP contribution is -2.20. The third kappa shape index (κ3) is 1.81. The molecule has 90 valence electrons. The number of nitrogens with zero attached hydrogens (tertiary/aromatic N) is 4. The first-order valence-electron chi connectivity index (χ1n) is 6.21. The van der Waals surface area contributed by atoms with Crippen LogP contribution >= 0.6 is 0 Å². The van der Waals surface area contributed by atoms with Crippen LogP contribution in [0.1, 0.15) is 19.8 Å². The first kappa shape index (κ1) is 10.4. The zero-order valence-corrected chi connectivity index (χ0v) is 10.1. The summed E-state index contributed by atoms with van der Waals surface area (Å²) in [6.07, 6.45) is 8.29. The highest BCUT2D eigenvalue weighted by atomic mass is 15.2. The quantitative estimate of drug-likeness (QED) is 0.874. The summed E-state index contributed by atoms with van der Waals surface area (Å²) in [5.74, 6) is 1.92. The third-order valence-electron chi connectivity index (χ3n) is 3.12. The molecule has 1 saturated heterocycles. The van der Waals surface area contributed by atoms with Gasteiger partial charge in [-0.2, -0.15) is 0 Å². The molecule has 2 aromatic heterocycles. The number of aromatic nitrogens is 3. The van der Waals surface area contributed by atoms with Crippen molar-refractivity contribution >= 4 is 17.3 Å². The molecule has 17 heavy (non-hydrogen) atoms. The molecule has 0 aromatic carbocycles. The Morgan fingerprint density at radius 1 is 1.35 bits per heavy atom. The summed E-state index contributed by atoms with van der Waals surface area (Å²) < 4.78 is 2.04. The maximum Gasteiger partial charge on any atom is 0.180 e. The van der Waals surface area contributed by atoms with Gasteiger partial charge < -0.3 is 14.6 Å². The SMILES string of the molecule is CCNc1cn2ccnc2c(N2CCCC2)n1. The molecule has 0 saturated carbocycles. The van der Waals surface area contributed by atoms with Gasteiger partial charge in [-0.3, -0.25) is 0 Å². The molecule has 0 unspecified atom stereocenters. The molecule has 0 radical (unpaired) electrons. The molecular weight excluding hydrogens is 214 g/mol. The second-order valence-corrected chi connectivity index (χ2v) is 4.33. The number of rotatable bonds is 3. The maximum absolute atomic E-state index is 4.68. The van der Waals surface area contributed by atoms with Crippen molar-refractivity contribution in [3.63, 3.8) is 0 Å². The van der Waals surface area contributed by atoms with E-state index in [4.69, 9.17) is 0 Å². The van der Waals surface area contributed by atoms with Gasteiger partial charge in [-0.15, -0.1) is 0 Å². The Bertz CT molecular complexity index is 513. The summed E-state index contributed by atoms with van der Waals surface area (Å²) in [5.41, 5.74) is 0.952. The van der Waals surface area contributed by atoms with Gasteiger partial charge in [0.15, 0.2) is 11.5 Å². The first-order chi connectivity index (χ1) is 8.38. The Labute approximate surface area is 100 Å². The number of anilines is 2. The van der Waals surface area contributed by atoms with Crippen molar-refractivity contribution in [2.45, 2.75) is 19.8 Å². The molecule has 0 bridgehead atoms. The lowest BCUT2D eigenvalue weighted by atomic mass is 10.4. The molecule has 2 aromatic rings. The summed E-state index contributed by atoms with van der Waals surface area (Å²) in [7, 11) is 0. The van der Waals surface area contributed by atoms with Crippen LogP contribution in [-0.4, -0.2) is 34.0 Å². The number of hydrogen-bond acceptors (Lipinski definition) is 4. The van der Waals surface area contributed by atoms with E-state index in [1.54, 1.807) is 0 Å². The molecule has 1 fully saturated rings. The topological polar surface area (TPSA) is 45.5 Å². The van der Waals surface area contributed by atoms with Crippen LogP contribution in [0.3, 0.4) is 0 Å². The van der Waals surface area contributed by atoms with Crippen molar-refractivity contribution in [3.8, 4) is 0 Å². The van der Waals surface area contributed by atoms with E-state index in [9.17, 15) is 0 Å². The highest BCUT2D eigenvalue weighted by molar-refractivity contribution is 5.67. The molecule has 0 amide bonds. The van der Waals surface area contributed by atoms with E-state index >= 15 is 0 Å². The second-order valence-electron chi connectivity index (χ2n) is 4.33. The van der Waals surface area contributed by atoms with Crippen LogP contribution < -0.4 is 10.2 Å². The number of imidazole rings is 1. The summed E-state index contributed by atoms with van der Waals surface area (Å²) in [4.78, 5) is 11.4. The lowest BCUT2D eigenvalue weighted by Gasteiger charge is -2.18.